The molecule has 0 radical (unpaired) electrons. The largest absolute Gasteiger partial charge is 0.494 e. The molecule has 0 bridgehead atoms. The highest BCUT2D eigenvalue weighted by Gasteiger charge is 2.21. The van der Waals surface area contributed by atoms with Gasteiger partial charge in [0, 0.05) is 13.5 Å². The van der Waals surface area contributed by atoms with Crippen molar-refractivity contribution in [1.82, 2.24) is 15.1 Å². The minimum Gasteiger partial charge on any atom is -0.494 e. The number of aliphatic carboxylic acids is 1. The Morgan fingerprint density at radius 2 is 1.92 bits per heavy atom. The fourth-order valence-corrected chi connectivity index (χ4v) is 2.39. The van der Waals surface area contributed by atoms with Gasteiger partial charge in [-0.1, -0.05) is 24.3 Å². The standard InChI is InChI=1S/C17H19N3O6/c1-20-15(21)14(13(25-2)9-18-20)11-6-4-10(5-7-11)8-12(16(22)23)19-17(24)26-3/h4-7,9,12H,8H2,1-3H3,(H,19,24)(H,22,23)/t12-/m0/s1. The molecule has 0 aliphatic rings. The average molecular weight is 361 g/mol. The van der Waals surface area contributed by atoms with Crippen LogP contribution in [0.2, 0.25) is 0 Å². The predicted molar refractivity (Wildman–Crippen MR) is 92.1 cm³/mol. The molecule has 26 heavy (non-hydrogen) atoms. The van der Waals surface area contributed by atoms with Gasteiger partial charge >= 0.3 is 12.1 Å². The summed E-state index contributed by atoms with van der Waals surface area (Å²) in [5.41, 5.74) is 1.33. The van der Waals surface area contributed by atoms with Gasteiger partial charge in [-0.05, 0) is 11.1 Å². The van der Waals surface area contributed by atoms with Crippen LogP contribution in [-0.2, 0) is 23.0 Å². The molecule has 0 aliphatic heterocycles. The number of carboxylic acids is 1. The molecule has 1 amide bonds. The third kappa shape index (κ3) is 4.18. The smallest absolute Gasteiger partial charge is 0.407 e. The summed E-state index contributed by atoms with van der Waals surface area (Å²) in [6.07, 6.45) is 0.695. The summed E-state index contributed by atoms with van der Waals surface area (Å²) in [6.45, 7) is 0. The molecule has 0 aliphatic carbocycles. The van der Waals surface area contributed by atoms with E-state index >= 15 is 0 Å². The second kappa shape index (κ2) is 8.15. The zero-order chi connectivity index (χ0) is 19.3. The van der Waals surface area contributed by atoms with Crippen molar-refractivity contribution in [2.75, 3.05) is 14.2 Å². The number of aryl methyl sites for hydroxylation is 1. The number of nitrogens with zero attached hydrogens (tertiary/aromatic N) is 2. The molecule has 0 spiro atoms. The van der Waals surface area contributed by atoms with Crippen LogP contribution >= 0.6 is 0 Å². The summed E-state index contributed by atoms with van der Waals surface area (Å²) < 4.78 is 10.8. The molecule has 2 rings (SSSR count). The molecule has 9 heteroatoms. The number of alkyl carbamates (subject to hydrolysis) is 1. The first kappa shape index (κ1) is 19.0. The number of benzene rings is 1. The Kier molecular flexibility index (Phi) is 5.94. The van der Waals surface area contributed by atoms with E-state index in [1.54, 1.807) is 24.3 Å². The van der Waals surface area contributed by atoms with Gasteiger partial charge in [0.25, 0.3) is 5.56 Å². The van der Waals surface area contributed by atoms with Gasteiger partial charge in [0.2, 0.25) is 0 Å². The Balaban J connectivity index is 2.29. The van der Waals surface area contributed by atoms with Crippen molar-refractivity contribution in [3.05, 3.63) is 46.4 Å². The number of carbonyl (C=O) groups is 2. The van der Waals surface area contributed by atoms with Crippen molar-refractivity contribution in [3.63, 3.8) is 0 Å². The average Bonchev–Trinajstić information content (AvgIpc) is 2.63. The highest BCUT2D eigenvalue weighted by molar-refractivity contribution is 5.80. The van der Waals surface area contributed by atoms with Gasteiger partial charge in [-0.15, -0.1) is 0 Å². The number of carboxylic acid groups (broad SMARTS) is 1. The van der Waals surface area contributed by atoms with Crippen LogP contribution in [-0.4, -0.2) is 47.2 Å². The highest BCUT2D eigenvalue weighted by Crippen LogP contribution is 2.25. The molecule has 1 aromatic heterocycles. The number of amides is 1. The normalized spacial score (nSPS) is 11.5. The van der Waals surface area contributed by atoms with Crippen LogP contribution in [0.1, 0.15) is 5.56 Å². The first-order valence-corrected chi connectivity index (χ1v) is 7.64. The summed E-state index contributed by atoms with van der Waals surface area (Å²) in [5, 5.41) is 15.4. The lowest BCUT2D eigenvalue weighted by Gasteiger charge is -2.14. The molecule has 0 unspecified atom stereocenters. The molecular formula is C17H19N3O6. The molecule has 1 aromatic carbocycles. The van der Waals surface area contributed by atoms with Crippen molar-refractivity contribution in [2.24, 2.45) is 7.05 Å². The number of aromatic nitrogens is 2. The molecule has 0 fully saturated rings. The lowest BCUT2D eigenvalue weighted by molar-refractivity contribution is -0.139. The second-order valence-corrected chi connectivity index (χ2v) is 5.44. The Bertz CT molecular complexity index is 860. The fraction of sp³-hybridized carbons (Fsp3) is 0.294. The van der Waals surface area contributed by atoms with Crippen LogP contribution in [0.15, 0.2) is 35.3 Å². The van der Waals surface area contributed by atoms with E-state index in [2.05, 4.69) is 15.2 Å². The van der Waals surface area contributed by atoms with E-state index in [0.717, 1.165) is 7.11 Å². The van der Waals surface area contributed by atoms with Crippen LogP contribution in [0.3, 0.4) is 0 Å². The summed E-state index contributed by atoms with van der Waals surface area (Å²) in [5.74, 6) is -0.833. The minimum absolute atomic E-state index is 0.0657. The number of nitrogens with one attached hydrogen (secondary N) is 1. The summed E-state index contributed by atoms with van der Waals surface area (Å²) in [4.78, 5) is 34.9. The van der Waals surface area contributed by atoms with Crippen LogP contribution < -0.4 is 15.6 Å². The van der Waals surface area contributed by atoms with E-state index in [4.69, 9.17) is 4.74 Å². The number of ether oxygens (including phenoxy) is 2. The fourth-order valence-electron chi connectivity index (χ4n) is 2.39. The van der Waals surface area contributed by atoms with E-state index in [1.807, 2.05) is 0 Å². The van der Waals surface area contributed by atoms with Crippen molar-refractivity contribution >= 4 is 12.1 Å². The maximum Gasteiger partial charge on any atom is 0.407 e. The number of methoxy groups -OCH3 is 2. The van der Waals surface area contributed by atoms with Gasteiger partial charge in [0.05, 0.1) is 26.0 Å². The van der Waals surface area contributed by atoms with E-state index in [0.29, 0.717) is 22.4 Å². The molecule has 0 saturated heterocycles. The van der Waals surface area contributed by atoms with Crippen molar-refractivity contribution < 1.29 is 24.2 Å². The van der Waals surface area contributed by atoms with E-state index in [9.17, 15) is 19.5 Å². The number of hydrogen-bond donors (Lipinski definition) is 2. The third-order valence-corrected chi connectivity index (χ3v) is 3.78. The second-order valence-electron chi connectivity index (χ2n) is 5.44. The minimum atomic E-state index is -1.18. The first-order chi connectivity index (χ1) is 12.4. The first-order valence-electron chi connectivity index (χ1n) is 7.64. The Morgan fingerprint density at radius 3 is 2.46 bits per heavy atom. The monoisotopic (exact) mass is 361 g/mol. The van der Waals surface area contributed by atoms with Crippen LogP contribution in [0, 0.1) is 0 Å². The number of carbonyl (C=O) groups excluding carboxylic acids is 1. The zero-order valence-corrected chi connectivity index (χ0v) is 14.6. The van der Waals surface area contributed by atoms with E-state index < -0.39 is 18.1 Å². The Hall–Kier alpha value is -3.36. The summed E-state index contributed by atoms with van der Waals surface area (Å²) in [7, 11) is 4.14. The van der Waals surface area contributed by atoms with Crippen molar-refractivity contribution in [1.29, 1.82) is 0 Å². The number of hydrogen-bond acceptors (Lipinski definition) is 6. The SMILES string of the molecule is COC(=O)N[C@@H](Cc1ccc(-c2c(OC)cnn(C)c2=O)cc1)C(=O)O. The van der Waals surface area contributed by atoms with E-state index in [-0.39, 0.29) is 12.0 Å². The van der Waals surface area contributed by atoms with Gasteiger partial charge in [0.1, 0.15) is 6.04 Å². The highest BCUT2D eigenvalue weighted by atomic mass is 16.5. The molecule has 0 saturated carbocycles. The molecule has 2 N–H and O–H groups in total. The zero-order valence-electron chi connectivity index (χ0n) is 14.6. The quantitative estimate of drug-likeness (QED) is 0.781. The lowest BCUT2D eigenvalue weighted by Crippen LogP contribution is -2.42. The van der Waals surface area contributed by atoms with Gasteiger partial charge in [-0.3, -0.25) is 4.79 Å². The van der Waals surface area contributed by atoms with E-state index in [1.165, 1.54) is 25.0 Å². The predicted octanol–water partition coefficient (Wildman–Crippen LogP) is 0.808. The van der Waals surface area contributed by atoms with Crippen molar-refractivity contribution in [3.8, 4) is 16.9 Å². The third-order valence-electron chi connectivity index (χ3n) is 3.78. The molecular weight excluding hydrogens is 342 g/mol. The van der Waals surface area contributed by atoms with Gasteiger partial charge in [-0.25, -0.2) is 14.3 Å². The Morgan fingerprint density at radius 1 is 1.27 bits per heavy atom. The summed E-state index contributed by atoms with van der Waals surface area (Å²) in [6, 6.07) is 5.61. The molecule has 2 aromatic rings. The number of rotatable bonds is 6. The molecule has 138 valence electrons. The maximum absolute atomic E-state index is 12.3. The molecule has 1 atom stereocenters. The van der Waals surface area contributed by atoms with Crippen LogP contribution in [0.25, 0.3) is 11.1 Å². The Labute approximate surface area is 149 Å². The van der Waals surface area contributed by atoms with Crippen LogP contribution in [0.4, 0.5) is 4.79 Å². The van der Waals surface area contributed by atoms with Gasteiger partial charge < -0.3 is 19.9 Å². The lowest BCUT2D eigenvalue weighted by atomic mass is 10.0. The molecule has 9 nitrogen and oxygen atoms in total. The van der Waals surface area contributed by atoms with Crippen LogP contribution in [0.5, 0.6) is 5.75 Å². The maximum atomic E-state index is 12.3. The van der Waals surface area contributed by atoms with Crippen molar-refractivity contribution in [2.45, 2.75) is 12.5 Å². The summed E-state index contributed by atoms with van der Waals surface area (Å²) >= 11 is 0. The van der Waals surface area contributed by atoms with Gasteiger partial charge in [-0.2, -0.15) is 5.10 Å². The topological polar surface area (TPSA) is 120 Å². The molecule has 1 heterocycles. The van der Waals surface area contributed by atoms with Gasteiger partial charge in [0.15, 0.2) is 5.75 Å².